The van der Waals surface area contributed by atoms with Gasteiger partial charge in [0.1, 0.15) is 10.2 Å². The zero-order valence-corrected chi connectivity index (χ0v) is 14.4. The molecule has 2 rings (SSSR count). The van der Waals surface area contributed by atoms with Gasteiger partial charge >= 0.3 is 0 Å². The molecule has 0 aromatic heterocycles. The summed E-state index contributed by atoms with van der Waals surface area (Å²) in [6.07, 6.45) is 1.70. The first-order valence-electron chi connectivity index (χ1n) is 6.43. The van der Waals surface area contributed by atoms with E-state index < -0.39 is 21.0 Å². The minimum atomic E-state index is -3.37. The van der Waals surface area contributed by atoms with Gasteiger partial charge in [0.05, 0.1) is 11.4 Å². The largest absolute Gasteiger partial charge is 0.389 e. The summed E-state index contributed by atoms with van der Waals surface area (Å²) < 4.78 is 24.7. The molecule has 1 amide bonds. The predicted octanol–water partition coefficient (Wildman–Crippen LogP) is 1.99. The van der Waals surface area contributed by atoms with Crippen LogP contribution in [0.2, 0.25) is 0 Å². The molecule has 0 aliphatic carbocycles. The van der Waals surface area contributed by atoms with Crippen LogP contribution in [0, 0.1) is 0 Å². The lowest BCUT2D eigenvalue weighted by atomic mass is 10.1. The lowest BCUT2D eigenvalue weighted by molar-refractivity contribution is -0.116. The number of rotatable bonds is 3. The molecule has 1 fully saturated rings. The van der Waals surface area contributed by atoms with Crippen LogP contribution >= 0.6 is 28.1 Å². The molecule has 0 radical (unpaired) electrons. The fourth-order valence-corrected chi connectivity index (χ4v) is 4.64. The fraction of sp³-hybridized carbons (Fsp3) is 0.385. The first-order valence-corrected chi connectivity index (χ1v) is 9.35. The molecule has 1 aromatic carbocycles. The zero-order valence-electron chi connectivity index (χ0n) is 11.1. The van der Waals surface area contributed by atoms with Crippen molar-refractivity contribution >= 4 is 54.6 Å². The van der Waals surface area contributed by atoms with Crippen LogP contribution in [0.1, 0.15) is 24.8 Å². The highest BCUT2D eigenvalue weighted by atomic mass is 79.9. The molecule has 1 heterocycles. The van der Waals surface area contributed by atoms with E-state index in [-0.39, 0.29) is 10.7 Å². The van der Waals surface area contributed by atoms with Gasteiger partial charge in [-0.05, 0) is 31.0 Å². The summed E-state index contributed by atoms with van der Waals surface area (Å²) in [4.78, 5) is 12.4. The van der Waals surface area contributed by atoms with Gasteiger partial charge in [-0.15, -0.1) is 0 Å². The van der Waals surface area contributed by atoms with Gasteiger partial charge in [-0.1, -0.05) is 34.6 Å². The molecule has 114 valence electrons. The van der Waals surface area contributed by atoms with Crippen molar-refractivity contribution in [3.05, 3.63) is 28.2 Å². The molecule has 0 spiro atoms. The van der Waals surface area contributed by atoms with E-state index >= 15 is 0 Å². The Hall–Kier alpha value is -0.990. The zero-order chi connectivity index (χ0) is 15.6. The molecule has 1 aliphatic rings. The first kappa shape index (κ1) is 16.4. The van der Waals surface area contributed by atoms with Crippen molar-refractivity contribution in [2.75, 3.05) is 11.1 Å². The van der Waals surface area contributed by atoms with Crippen molar-refractivity contribution in [3.63, 3.8) is 0 Å². The summed E-state index contributed by atoms with van der Waals surface area (Å²) >= 11 is 8.24. The van der Waals surface area contributed by atoms with E-state index in [0.29, 0.717) is 24.1 Å². The predicted molar refractivity (Wildman–Crippen MR) is 90.1 cm³/mol. The smallest absolute Gasteiger partial charge is 0.242 e. The number of nitrogens with one attached hydrogen (secondary N) is 1. The van der Waals surface area contributed by atoms with Crippen molar-refractivity contribution in [3.8, 4) is 0 Å². The minimum Gasteiger partial charge on any atom is -0.389 e. The molecule has 21 heavy (non-hydrogen) atoms. The maximum atomic E-state index is 12.3. The third kappa shape index (κ3) is 3.81. The maximum absolute atomic E-state index is 12.3. The number of thiocarbonyl (C=S) groups is 1. The Kier molecular flexibility index (Phi) is 5.00. The Morgan fingerprint density at radius 1 is 1.38 bits per heavy atom. The summed E-state index contributed by atoms with van der Waals surface area (Å²) in [6.45, 7) is 0. The quantitative estimate of drug-likeness (QED) is 0.770. The number of halogens is 1. The van der Waals surface area contributed by atoms with Gasteiger partial charge in [0, 0.05) is 10.0 Å². The standard InChI is InChI=1S/C13H15BrN2O3S2/c14-8-4-5-9(12(15)20)10(7-8)16-13(17)11-3-1-2-6-21(11,18)19/h4-5,7,11H,1-3,6H2,(H2,15,20)(H,16,17). The third-order valence-corrected chi connectivity index (χ3v) is 6.26. The van der Waals surface area contributed by atoms with Crippen LogP contribution in [0.3, 0.4) is 0 Å². The molecule has 1 unspecified atom stereocenters. The number of carbonyl (C=O) groups is 1. The molecule has 0 saturated carbocycles. The number of amides is 1. The fourth-order valence-electron chi connectivity index (χ4n) is 2.30. The van der Waals surface area contributed by atoms with Crippen LogP contribution in [0.4, 0.5) is 5.69 Å². The van der Waals surface area contributed by atoms with Crippen LogP contribution in [0.25, 0.3) is 0 Å². The molecule has 5 nitrogen and oxygen atoms in total. The Morgan fingerprint density at radius 3 is 2.71 bits per heavy atom. The molecule has 0 bridgehead atoms. The molecule has 1 aliphatic heterocycles. The second-order valence-electron chi connectivity index (χ2n) is 4.89. The Morgan fingerprint density at radius 2 is 2.10 bits per heavy atom. The summed E-state index contributed by atoms with van der Waals surface area (Å²) in [6, 6.07) is 5.08. The summed E-state index contributed by atoms with van der Waals surface area (Å²) in [5, 5.41) is 1.65. The second kappa shape index (κ2) is 6.41. The van der Waals surface area contributed by atoms with Crippen molar-refractivity contribution in [1.29, 1.82) is 0 Å². The molecular weight excluding hydrogens is 376 g/mol. The highest BCUT2D eigenvalue weighted by Gasteiger charge is 2.35. The average Bonchev–Trinajstić information content (AvgIpc) is 2.37. The van der Waals surface area contributed by atoms with Crippen LogP contribution in [-0.2, 0) is 14.6 Å². The second-order valence-corrected chi connectivity index (χ2v) is 8.55. The lowest BCUT2D eigenvalue weighted by Crippen LogP contribution is -2.39. The molecule has 1 saturated heterocycles. The molecule has 3 N–H and O–H groups in total. The van der Waals surface area contributed by atoms with Crippen LogP contribution in [0.5, 0.6) is 0 Å². The number of hydrogen-bond acceptors (Lipinski definition) is 4. The lowest BCUT2D eigenvalue weighted by Gasteiger charge is -2.22. The van der Waals surface area contributed by atoms with E-state index in [1.54, 1.807) is 18.2 Å². The molecular formula is C13H15BrN2O3S2. The van der Waals surface area contributed by atoms with Crippen LogP contribution in [-0.4, -0.2) is 30.3 Å². The molecule has 1 aromatic rings. The third-order valence-electron chi connectivity index (χ3n) is 3.38. The molecule has 1 atom stereocenters. The normalized spacial score (nSPS) is 20.7. The van der Waals surface area contributed by atoms with E-state index in [9.17, 15) is 13.2 Å². The summed E-state index contributed by atoms with van der Waals surface area (Å²) in [7, 11) is -3.37. The highest BCUT2D eigenvalue weighted by Crippen LogP contribution is 2.25. The van der Waals surface area contributed by atoms with Crippen molar-refractivity contribution in [2.45, 2.75) is 24.5 Å². The van der Waals surface area contributed by atoms with Gasteiger partial charge in [-0.25, -0.2) is 8.42 Å². The Balaban J connectivity index is 2.27. The van der Waals surface area contributed by atoms with Gasteiger partial charge in [-0.2, -0.15) is 0 Å². The monoisotopic (exact) mass is 390 g/mol. The van der Waals surface area contributed by atoms with E-state index in [4.69, 9.17) is 18.0 Å². The van der Waals surface area contributed by atoms with E-state index in [2.05, 4.69) is 21.2 Å². The van der Waals surface area contributed by atoms with Gasteiger partial charge in [-0.3, -0.25) is 4.79 Å². The number of benzene rings is 1. The van der Waals surface area contributed by atoms with E-state index in [0.717, 1.165) is 10.9 Å². The summed E-state index contributed by atoms with van der Waals surface area (Å²) in [5.74, 6) is -0.462. The number of sulfone groups is 1. The van der Waals surface area contributed by atoms with Gasteiger partial charge in [0.2, 0.25) is 5.91 Å². The maximum Gasteiger partial charge on any atom is 0.242 e. The Labute approximate surface area is 137 Å². The van der Waals surface area contributed by atoms with Crippen molar-refractivity contribution < 1.29 is 13.2 Å². The SMILES string of the molecule is NC(=S)c1ccc(Br)cc1NC(=O)C1CCCCS1(=O)=O. The van der Waals surface area contributed by atoms with Gasteiger partial charge in [0.25, 0.3) is 0 Å². The number of anilines is 1. The van der Waals surface area contributed by atoms with Crippen molar-refractivity contribution in [1.82, 2.24) is 0 Å². The number of hydrogen-bond donors (Lipinski definition) is 2. The first-order chi connectivity index (χ1) is 9.81. The number of carbonyl (C=O) groups excluding carboxylic acids is 1. The number of nitrogens with two attached hydrogens (primary N) is 1. The van der Waals surface area contributed by atoms with E-state index in [1.165, 1.54) is 0 Å². The van der Waals surface area contributed by atoms with Crippen LogP contribution < -0.4 is 11.1 Å². The molecule has 8 heteroatoms. The van der Waals surface area contributed by atoms with Crippen LogP contribution in [0.15, 0.2) is 22.7 Å². The summed E-state index contributed by atoms with van der Waals surface area (Å²) in [5.41, 5.74) is 6.55. The van der Waals surface area contributed by atoms with Gasteiger partial charge < -0.3 is 11.1 Å². The van der Waals surface area contributed by atoms with E-state index in [1.807, 2.05) is 0 Å². The van der Waals surface area contributed by atoms with Crippen molar-refractivity contribution in [2.24, 2.45) is 5.73 Å². The minimum absolute atomic E-state index is 0.0612. The Bertz CT molecular complexity index is 689. The highest BCUT2D eigenvalue weighted by molar-refractivity contribution is 9.10. The van der Waals surface area contributed by atoms with Gasteiger partial charge in [0.15, 0.2) is 9.84 Å². The topological polar surface area (TPSA) is 89.3 Å². The average molecular weight is 391 g/mol.